The second-order valence-electron chi connectivity index (χ2n) is 6.78. The van der Waals surface area contributed by atoms with Gasteiger partial charge in [-0.3, -0.25) is 0 Å². The van der Waals surface area contributed by atoms with E-state index >= 15 is 0 Å². The van der Waals surface area contributed by atoms with E-state index in [-0.39, 0.29) is 37.1 Å². The lowest BCUT2D eigenvalue weighted by Gasteiger charge is -2.20. The molecule has 0 bridgehead atoms. The third kappa shape index (κ3) is 21.3. The minimum absolute atomic E-state index is 0.00441. The van der Waals surface area contributed by atoms with Crippen molar-refractivity contribution in [3.63, 3.8) is 0 Å². The van der Waals surface area contributed by atoms with Crippen LogP contribution in [0.25, 0.3) is 0 Å². The molecule has 0 amide bonds. The van der Waals surface area contributed by atoms with E-state index in [0.29, 0.717) is 26.4 Å². The zero-order valence-electron chi connectivity index (χ0n) is 18.1. The first-order valence-corrected chi connectivity index (χ1v) is 9.74. The van der Waals surface area contributed by atoms with Crippen LogP contribution < -0.4 is 0 Å². The minimum Gasteiger partial charge on any atom is -0.478 e. The normalized spacial score (nSPS) is 15.1. The first-order valence-electron chi connectivity index (χ1n) is 9.74. The van der Waals surface area contributed by atoms with Crippen molar-refractivity contribution >= 4 is 5.97 Å². The van der Waals surface area contributed by atoms with Crippen LogP contribution in [0.5, 0.6) is 0 Å². The fraction of sp³-hybridized carbons (Fsp3) is 0.850. The molecule has 0 rings (SSSR count). The first-order chi connectivity index (χ1) is 13.1. The lowest BCUT2D eigenvalue weighted by molar-refractivity contribution is -0.132. The molecule has 8 heteroatoms. The maximum atomic E-state index is 9.71. The summed E-state index contributed by atoms with van der Waals surface area (Å²) >= 11 is 0. The van der Waals surface area contributed by atoms with Crippen molar-refractivity contribution in [2.24, 2.45) is 0 Å². The molecule has 3 N–H and O–H groups in total. The smallest absolute Gasteiger partial charge is 0.330 e. The highest BCUT2D eigenvalue weighted by Gasteiger charge is 2.11. The van der Waals surface area contributed by atoms with E-state index in [1.807, 2.05) is 20.8 Å². The highest BCUT2D eigenvalue weighted by molar-refractivity contribution is 5.84. The molecule has 0 aromatic carbocycles. The second-order valence-corrected chi connectivity index (χ2v) is 6.78. The molecule has 0 radical (unpaired) electrons. The number of ether oxygens (including phenoxy) is 4. The Morgan fingerprint density at radius 3 is 1.86 bits per heavy atom. The van der Waals surface area contributed by atoms with Crippen LogP contribution in [0.1, 0.15) is 47.5 Å². The van der Waals surface area contributed by atoms with E-state index in [1.54, 1.807) is 0 Å². The number of aliphatic hydroxyl groups is 2. The number of aliphatic carboxylic acids is 1. The van der Waals surface area contributed by atoms with E-state index in [0.717, 1.165) is 12.8 Å². The van der Waals surface area contributed by atoms with Gasteiger partial charge in [-0.05, 0) is 34.1 Å². The predicted molar refractivity (Wildman–Crippen MR) is 108 cm³/mol. The Balaban J connectivity index is 0. The number of rotatable bonds is 16. The fourth-order valence-electron chi connectivity index (χ4n) is 1.54. The van der Waals surface area contributed by atoms with Crippen LogP contribution >= 0.6 is 0 Å². The van der Waals surface area contributed by atoms with Crippen molar-refractivity contribution in [2.75, 3.05) is 39.6 Å². The number of hydrogen-bond donors (Lipinski definition) is 3. The molecular formula is C20H40O8. The van der Waals surface area contributed by atoms with Gasteiger partial charge in [-0.2, -0.15) is 0 Å². The quantitative estimate of drug-likeness (QED) is 0.262. The van der Waals surface area contributed by atoms with Crippen molar-refractivity contribution in [1.82, 2.24) is 0 Å². The molecule has 4 unspecified atom stereocenters. The number of carboxylic acid groups (broad SMARTS) is 1. The summed E-state index contributed by atoms with van der Waals surface area (Å²) in [5, 5.41) is 26.5. The zero-order valence-corrected chi connectivity index (χ0v) is 18.1. The standard InChI is InChI=1S/C16H34O6.C4H6O2/c1-5-6-7-19-11-16(18)12-22-15(4)10-21-14(3)9-20-13(2)8-17;1-3(2)4(5)6/h13-18H,5-12H2,1-4H3;1H2,2H3,(H,5,6). The molecule has 168 valence electrons. The summed E-state index contributed by atoms with van der Waals surface area (Å²) in [4.78, 5) is 9.60. The molecule has 0 fully saturated rings. The molecule has 0 aromatic rings. The maximum absolute atomic E-state index is 9.71. The summed E-state index contributed by atoms with van der Waals surface area (Å²) in [5.74, 6) is -0.935. The summed E-state index contributed by atoms with van der Waals surface area (Å²) in [6.07, 6.45) is 1.13. The van der Waals surface area contributed by atoms with Crippen LogP contribution in [0.4, 0.5) is 0 Å². The van der Waals surface area contributed by atoms with Gasteiger partial charge in [0.25, 0.3) is 0 Å². The van der Waals surface area contributed by atoms with Gasteiger partial charge in [0, 0.05) is 12.2 Å². The molecule has 0 aliphatic rings. The Morgan fingerprint density at radius 1 is 0.964 bits per heavy atom. The molecule has 4 atom stereocenters. The molecular weight excluding hydrogens is 368 g/mol. The summed E-state index contributed by atoms with van der Waals surface area (Å²) < 4.78 is 21.8. The molecule has 0 spiro atoms. The number of hydrogen-bond acceptors (Lipinski definition) is 7. The monoisotopic (exact) mass is 408 g/mol. The molecule has 0 aliphatic carbocycles. The van der Waals surface area contributed by atoms with Crippen LogP contribution in [0.3, 0.4) is 0 Å². The third-order valence-electron chi connectivity index (χ3n) is 3.38. The molecule has 0 aliphatic heterocycles. The third-order valence-corrected chi connectivity index (χ3v) is 3.38. The summed E-state index contributed by atoms with van der Waals surface area (Å²) in [6.45, 7) is 14.4. The molecule has 0 saturated heterocycles. The molecule has 8 nitrogen and oxygen atoms in total. The van der Waals surface area contributed by atoms with Gasteiger partial charge < -0.3 is 34.3 Å². The molecule has 0 heterocycles. The first kappa shape index (κ1) is 29.2. The zero-order chi connectivity index (χ0) is 21.9. The number of unbranched alkanes of at least 4 members (excludes halogenated alkanes) is 1. The summed E-state index contributed by atoms with van der Waals surface area (Å²) in [7, 11) is 0. The van der Waals surface area contributed by atoms with Crippen molar-refractivity contribution < 1.29 is 39.1 Å². The van der Waals surface area contributed by atoms with E-state index in [4.69, 9.17) is 29.2 Å². The van der Waals surface area contributed by atoms with Gasteiger partial charge in [0.15, 0.2) is 0 Å². The van der Waals surface area contributed by atoms with E-state index < -0.39 is 12.1 Å². The Labute approximate surface area is 169 Å². The summed E-state index contributed by atoms with van der Waals surface area (Å²) in [5.41, 5.74) is 0.176. The number of carboxylic acids is 1. The van der Waals surface area contributed by atoms with Gasteiger partial charge in [0.1, 0.15) is 6.10 Å². The topological polar surface area (TPSA) is 115 Å². The van der Waals surface area contributed by atoms with Gasteiger partial charge in [0.05, 0.1) is 51.3 Å². The molecule has 0 saturated carbocycles. The van der Waals surface area contributed by atoms with Crippen molar-refractivity contribution in [2.45, 2.75) is 71.9 Å². The van der Waals surface area contributed by atoms with Crippen LogP contribution in [0.15, 0.2) is 12.2 Å². The van der Waals surface area contributed by atoms with Crippen LogP contribution in [0.2, 0.25) is 0 Å². The Kier molecular flexibility index (Phi) is 20.1. The SMILES string of the molecule is C=C(C)C(=O)O.CCCCOCC(O)COC(C)COC(C)COC(C)CO. The predicted octanol–water partition coefficient (Wildman–Crippen LogP) is 2.02. The maximum Gasteiger partial charge on any atom is 0.330 e. The Hall–Kier alpha value is -1.03. The second kappa shape index (κ2) is 19.3. The number of aliphatic hydroxyl groups excluding tert-OH is 2. The average Bonchev–Trinajstić information content (AvgIpc) is 2.66. The highest BCUT2D eigenvalue weighted by Crippen LogP contribution is 2.01. The van der Waals surface area contributed by atoms with E-state index in [9.17, 15) is 9.90 Å². The van der Waals surface area contributed by atoms with Crippen LogP contribution in [-0.2, 0) is 23.7 Å². The van der Waals surface area contributed by atoms with Crippen molar-refractivity contribution in [1.29, 1.82) is 0 Å². The summed E-state index contributed by atoms with van der Waals surface area (Å²) in [6, 6.07) is 0. The lowest BCUT2D eigenvalue weighted by Crippen LogP contribution is -2.29. The van der Waals surface area contributed by atoms with Crippen molar-refractivity contribution in [3.05, 3.63) is 12.2 Å². The Bertz CT molecular complexity index is 376. The van der Waals surface area contributed by atoms with Gasteiger partial charge in [-0.15, -0.1) is 0 Å². The van der Waals surface area contributed by atoms with Crippen LogP contribution in [0, 0.1) is 0 Å². The van der Waals surface area contributed by atoms with Gasteiger partial charge in [-0.1, -0.05) is 19.9 Å². The molecule has 0 aromatic heterocycles. The average molecular weight is 409 g/mol. The van der Waals surface area contributed by atoms with Gasteiger partial charge in [0.2, 0.25) is 0 Å². The van der Waals surface area contributed by atoms with E-state index in [2.05, 4.69) is 13.5 Å². The van der Waals surface area contributed by atoms with Gasteiger partial charge >= 0.3 is 5.97 Å². The van der Waals surface area contributed by atoms with E-state index in [1.165, 1.54) is 6.92 Å². The largest absolute Gasteiger partial charge is 0.478 e. The lowest BCUT2D eigenvalue weighted by atomic mass is 10.3. The minimum atomic E-state index is -0.935. The van der Waals surface area contributed by atoms with Crippen molar-refractivity contribution in [3.8, 4) is 0 Å². The fourth-order valence-corrected chi connectivity index (χ4v) is 1.54. The molecule has 28 heavy (non-hydrogen) atoms. The van der Waals surface area contributed by atoms with Gasteiger partial charge in [-0.25, -0.2) is 4.79 Å². The highest BCUT2D eigenvalue weighted by atomic mass is 16.6. The Morgan fingerprint density at radius 2 is 1.43 bits per heavy atom. The van der Waals surface area contributed by atoms with Crippen LogP contribution in [-0.4, -0.2) is 85.3 Å². The number of carbonyl (C=O) groups is 1.